The molecule has 4 rings (SSSR count). The summed E-state index contributed by atoms with van der Waals surface area (Å²) in [5.41, 5.74) is 0.720. The van der Waals surface area contributed by atoms with Crippen LogP contribution in [0.1, 0.15) is 48.7 Å². The van der Waals surface area contributed by atoms with E-state index in [1.165, 1.54) is 19.0 Å². The van der Waals surface area contributed by atoms with E-state index < -0.39 is 98.4 Å². The lowest BCUT2D eigenvalue weighted by atomic mass is 9.52. The van der Waals surface area contributed by atoms with Gasteiger partial charge in [0.1, 0.15) is 5.75 Å². The number of aliphatic hydroxyl groups is 1. The van der Waals surface area contributed by atoms with Crippen molar-refractivity contribution >= 4 is 29.0 Å². The first kappa shape index (κ1) is 28.9. The summed E-state index contributed by atoms with van der Waals surface area (Å²) in [6, 6.07) is -1.28. The number of ketones is 4. The van der Waals surface area contributed by atoms with Gasteiger partial charge < -0.3 is 21.3 Å². The number of primary amides is 1. The van der Waals surface area contributed by atoms with Crippen molar-refractivity contribution in [1.82, 2.24) is 10.2 Å². The second kappa shape index (κ2) is 9.53. The molecule has 12 heteroatoms. The molecule has 3 aliphatic rings. The molecule has 212 valence electrons. The molecule has 6 unspecified atom stereocenters. The van der Waals surface area contributed by atoms with Crippen LogP contribution >= 0.6 is 0 Å². The van der Waals surface area contributed by atoms with Crippen molar-refractivity contribution in [2.24, 2.45) is 34.8 Å². The van der Waals surface area contributed by atoms with E-state index in [4.69, 9.17) is 5.73 Å². The van der Waals surface area contributed by atoms with Gasteiger partial charge in [-0.2, -0.15) is 0 Å². The fraction of sp³-hybridized carbons (Fsp3) is 0.593. The molecule has 2 saturated carbocycles. The van der Waals surface area contributed by atoms with E-state index in [2.05, 4.69) is 5.32 Å². The molecule has 3 aliphatic carbocycles. The number of fused-ring (bicyclic) bond motifs is 3. The van der Waals surface area contributed by atoms with Crippen molar-refractivity contribution < 1.29 is 43.0 Å². The van der Waals surface area contributed by atoms with E-state index >= 15 is 8.78 Å². The summed E-state index contributed by atoms with van der Waals surface area (Å²) >= 11 is 0. The number of halogens is 2. The number of carbonyl (C=O) groups excluding carboxylic acids is 5. The van der Waals surface area contributed by atoms with Gasteiger partial charge in [0.05, 0.1) is 17.5 Å². The Hall–Kier alpha value is -3.09. The Morgan fingerprint density at radius 1 is 1.13 bits per heavy atom. The number of nitrogens with zero attached hydrogens (tertiary/aromatic N) is 1. The molecule has 39 heavy (non-hydrogen) atoms. The fourth-order valence-corrected chi connectivity index (χ4v) is 6.44. The highest BCUT2D eigenvalue weighted by Crippen LogP contribution is 2.51. The molecule has 0 heterocycles. The standard InChI is InChI=1S/C27H33F2N3O7/c1-26(2,3)9-31-8-12-18(29)17(28)11-6-10-7-13-19(32(4)5)22(35)16(25(30)38)24(37)27(13,39)23(36)14(10)21(34)15(11)20(12)33/h10,13-14,16,19,31,33,39H,6-9H2,1-5H3,(H2,30,38). The topological polar surface area (TPSA) is 167 Å². The molecule has 10 nitrogen and oxygen atoms in total. The Morgan fingerprint density at radius 2 is 1.74 bits per heavy atom. The second-order valence-electron chi connectivity index (χ2n) is 12.3. The first-order chi connectivity index (χ1) is 17.9. The maximum atomic E-state index is 15.3. The minimum atomic E-state index is -2.89. The van der Waals surface area contributed by atoms with Crippen molar-refractivity contribution in [3.8, 4) is 5.75 Å². The number of likely N-dealkylation sites (N-methyl/N-ethyl adjacent to an activating group) is 1. The van der Waals surface area contributed by atoms with E-state index in [0.29, 0.717) is 6.54 Å². The molecule has 0 radical (unpaired) electrons. The van der Waals surface area contributed by atoms with Gasteiger partial charge in [-0.25, -0.2) is 8.78 Å². The summed E-state index contributed by atoms with van der Waals surface area (Å²) in [6.07, 6.45) is -0.599. The number of nitrogens with two attached hydrogens (primary N) is 1. The Morgan fingerprint density at radius 3 is 2.28 bits per heavy atom. The number of carbonyl (C=O) groups is 5. The van der Waals surface area contributed by atoms with Crippen LogP contribution in [0, 0.1) is 40.7 Å². The average molecular weight is 550 g/mol. The lowest BCUT2D eigenvalue weighted by Crippen LogP contribution is -2.74. The number of hydrogen-bond donors (Lipinski definition) is 4. The number of benzene rings is 1. The van der Waals surface area contributed by atoms with Crippen LogP contribution in [0.15, 0.2) is 0 Å². The Labute approximate surface area is 223 Å². The van der Waals surface area contributed by atoms with Crippen LogP contribution in [-0.4, -0.2) is 76.4 Å². The first-order valence-electron chi connectivity index (χ1n) is 12.7. The largest absolute Gasteiger partial charge is 0.507 e. The maximum absolute atomic E-state index is 15.3. The van der Waals surface area contributed by atoms with Crippen molar-refractivity contribution in [3.63, 3.8) is 0 Å². The summed E-state index contributed by atoms with van der Waals surface area (Å²) < 4.78 is 30.4. The summed E-state index contributed by atoms with van der Waals surface area (Å²) in [4.78, 5) is 67.2. The van der Waals surface area contributed by atoms with Crippen LogP contribution in [0.4, 0.5) is 8.78 Å². The van der Waals surface area contributed by atoms with Gasteiger partial charge in [0.25, 0.3) is 0 Å². The normalized spacial score (nSPS) is 30.7. The lowest BCUT2D eigenvalue weighted by molar-refractivity contribution is -0.181. The van der Waals surface area contributed by atoms with E-state index in [1.54, 1.807) is 0 Å². The predicted molar refractivity (Wildman–Crippen MR) is 132 cm³/mol. The highest BCUT2D eigenvalue weighted by atomic mass is 19.2. The van der Waals surface area contributed by atoms with Crippen LogP contribution in [0.25, 0.3) is 0 Å². The number of rotatable bonds is 5. The third-order valence-corrected chi connectivity index (χ3v) is 8.16. The van der Waals surface area contributed by atoms with Gasteiger partial charge >= 0.3 is 0 Å². The number of phenolic OH excluding ortho intramolecular Hbond substituents is 1. The lowest BCUT2D eigenvalue weighted by Gasteiger charge is -2.52. The van der Waals surface area contributed by atoms with Crippen molar-refractivity contribution in [3.05, 3.63) is 28.3 Å². The summed E-state index contributed by atoms with van der Waals surface area (Å²) in [6.45, 7) is 5.80. The molecule has 0 spiro atoms. The Bertz CT molecular complexity index is 1310. The number of hydrogen-bond acceptors (Lipinski definition) is 9. The van der Waals surface area contributed by atoms with Gasteiger partial charge in [0.15, 0.2) is 46.3 Å². The van der Waals surface area contributed by atoms with Crippen LogP contribution in [-0.2, 0) is 32.1 Å². The van der Waals surface area contributed by atoms with E-state index in [1.807, 2.05) is 20.8 Å². The van der Waals surface area contributed by atoms with Crippen LogP contribution in [0.5, 0.6) is 5.75 Å². The minimum absolute atomic E-state index is 0.219. The fourth-order valence-electron chi connectivity index (χ4n) is 6.44. The van der Waals surface area contributed by atoms with Gasteiger partial charge in [-0.1, -0.05) is 20.8 Å². The van der Waals surface area contributed by atoms with Gasteiger partial charge in [-0.15, -0.1) is 0 Å². The second-order valence-corrected chi connectivity index (χ2v) is 12.3. The highest BCUT2D eigenvalue weighted by molar-refractivity contribution is 6.32. The molecule has 2 fully saturated rings. The van der Waals surface area contributed by atoms with E-state index in [0.717, 1.165) is 0 Å². The Balaban J connectivity index is 1.81. The molecule has 0 aromatic heterocycles. The number of nitrogens with one attached hydrogen (secondary N) is 1. The van der Waals surface area contributed by atoms with Crippen molar-refractivity contribution in [2.75, 3.05) is 20.6 Å². The summed E-state index contributed by atoms with van der Waals surface area (Å²) in [7, 11) is 2.91. The number of aromatic hydroxyl groups is 1. The van der Waals surface area contributed by atoms with Gasteiger partial charge in [-0.05, 0) is 38.3 Å². The van der Waals surface area contributed by atoms with Crippen LogP contribution < -0.4 is 11.1 Å². The van der Waals surface area contributed by atoms with Gasteiger partial charge in [0, 0.05) is 30.1 Å². The molecule has 1 aromatic carbocycles. The third kappa shape index (κ3) is 4.29. The maximum Gasteiger partial charge on any atom is 0.235 e. The summed E-state index contributed by atoms with van der Waals surface area (Å²) in [5.74, 6) is -15.5. The molecule has 0 aliphatic heterocycles. The molecule has 1 amide bonds. The molecule has 0 saturated heterocycles. The first-order valence-corrected chi connectivity index (χ1v) is 12.7. The number of amides is 1. The molecule has 6 atom stereocenters. The minimum Gasteiger partial charge on any atom is -0.507 e. The highest BCUT2D eigenvalue weighted by Gasteiger charge is 2.69. The summed E-state index contributed by atoms with van der Waals surface area (Å²) in [5, 5.41) is 25.4. The SMILES string of the molecule is CN(C)C1C(=O)C(C(N)=O)C(=O)C2(O)C(=O)C3C(=O)c4c(O)c(CNCC(C)(C)C)c(F)c(F)c4CC3CC12. The average Bonchev–Trinajstić information content (AvgIpc) is 2.80. The zero-order chi connectivity index (χ0) is 29.4. The van der Waals surface area contributed by atoms with Crippen LogP contribution in [0.2, 0.25) is 0 Å². The van der Waals surface area contributed by atoms with Crippen molar-refractivity contribution in [1.29, 1.82) is 0 Å². The van der Waals surface area contributed by atoms with E-state index in [-0.39, 0.29) is 24.8 Å². The smallest absolute Gasteiger partial charge is 0.235 e. The third-order valence-electron chi connectivity index (χ3n) is 8.16. The number of Topliss-reactive ketones (excluding diaryl/α,β-unsaturated/α-hetero) is 4. The Kier molecular flexibility index (Phi) is 7.06. The molecule has 0 bridgehead atoms. The van der Waals surface area contributed by atoms with Gasteiger partial charge in [0.2, 0.25) is 5.91 Å². The number of phenols is 1. The monoisotopic (exact) mass is 549 g/mol. The molecule has 1 aromatic rings. The molecular weight excluding hydrogens is 516 g/mol. The molecule has 5 N–H and O–H groups in total. The zero-order valence-electron chi connectivity index (χ0n) is 22.4. The van der Waals surface area contributed by atoms with Crippen LogP contribution in [0.3, 0.4) is 0 Å². The van der Waals surface area contributed by atoms with E-state index in [9.17, 15) is 34.2 Å². The zero-order valence-corrected chi connectivity index (χ0v) is 22.4. The van der Waals surface area contributed by atoms with Gasteiger partial charge in [-0.3, -0.25) is 28.9 Å². The van der Waals surface area contributed by atoms with Crippen molar-refractivity contribution in [2.45, 2.75) is 51.8 Å². The molecular formula is C27H33F2N3O7. The predicted octanol–water partition coefficient (Wildman–Crippen LogP) is 0.281. The quantitative estimate of drug-likeness (QED) is 0.377.